The van der Waals surface area contributed by atoms with Crippen LogP contribution in [0.4, 0.5) is 11.4 Å². The summed E-state index contributed by atoms with van der Waals surface area (Å²) in [7, 11) is 5.13. The minimum Gasteiger partial charge on any atom is -0.497 e. The molecule has 3 aromatic heterocycles. The maximum absolute atomic E-state index is 5.80. The van der Waals surface area contributed by atoms with E-state index >= 15 is 0 Å². The van der Waals surface area contributed by atoms with Crippen molar-refractivity contribution in [2.75, 3.05) is 19.1 Å². The summed E-state index contributed by atoms with van der Waals surface area (Å²) in [5, 5.41) is 4.26. The topological polar surface area (TPSA) is 100 Å². The van der Waals surface area contributed by atoms with Gasteiger partial charge in [-0.25, -0.2) is 9.97 Å². The van der Waals surface area contributed by atoms with Gasteiger partial charge in [0, 0.05) is 60.6 Å². The molecule has 5 rings (SSSR count). The van der Waals surface area contributed by atoms with E-state index in [0.717, 1.165) is 33.7 Å². The van der Waals surface area contributed by atoms with Gasteiger partial charge in [-0.05, 0) is 32.0 Å². The predicted molar refractivity (Wildman–Crippen MR) is 145 cm³/mol. The molecule has 0 spiro atoms. The molecule has 0 unspecified atom stereocenters. The summed E-state index contributed by atoms with van der Waals surface area (Å²) >= 11 is 0. The first-order chi connectivity index (χ1) is 18.4. The quantitative estimate of drug-likeness (QED) is 0.272. The van der Waals surface area contributed by atoms with Crippen LogP contribution in [0.2, 0.25) is 0 Å². The van der Waals surface area contributed by atoms with Crippen molar-refractivity contribution >= 4 is 22.4 Å². The first-order valence-corrected chi connectivity index (χ1v) is 12.2. The number of aryl methyl sites for hydroxylation is 1. The fourth-order valence-corrected chi connectivity index (χ4v) is 4.05. The van der Waals surface area contributed by atoms with Gasteiger partial charge in [-0.2, -0.15) is 10.1 Å². The van der Waals surface area contributed by atoms with Gasteiger partial charge in [0.05, 0.1) is 56.0 Å². The lowest BCUT2D eigenvalue weighted by molar-refractivity contribution is 0.231. The largest absolute Gasteiger partial charge is 0.497 e. The van der Waals surface area contributed by atoms with Crippen LogP contribution in [-0.4, -0.2) is 50.0 Å². The normalized spacial score (nSPS) is 11.1. The zero-order valence-electron chi connectivity index (χ0n) is 22.0. The van der Waals surface area contributed by atoms with Crippen LogP contribution < -0.4 is 19.1 Å². The van der Waals surface area contributed by atoms with E-state index in [-0.39, 0.29) is 6.10 Å². The molecule has 0 amide bonds. The molecule has 0 aliphatic heterocycles. The number of fused-ring (bicyclic) bond motifs is 1. The van der Waals surface area contributed by atoms with Crippen molar-refractivity contribution in [2.24, 2.45) is 7.05 Å². The Hall–Kier alpha value is -4.73. The monoisotopic (exact) mass is 511 g/mol. The van der Waals surface area contributed by atoms with Gasteiger partial charge >= 0.3 is 0 Å². The molecule has 0 aliphatic rings. The summed E-state index contributed by atoms with van der Waals surface area (Å²) in [5.41, 5.74) is 4.91. The number of hydrogen-bond donors (Lipinski definition) is 0. The third-order valence-electron chi connectivity index (χ3n) is 5.82. The van der Waals surface area contributed by atoms with Crippen molar-refractivity contribution in [3.05, 3.63) is 73.1 Å². The molecule has 0 saturated heterocycles. The van der Waals surface area contributed by atoms with Gasteiger partial charge in [0.15, 0.2) is 5.82 Å². The molecule has 3 heterocycles. The van der Waals surface area contributed by atoms with Crippen LogP contribution in [0, 0.1) is 0 Å². The lowest BCUT2D eigenvalue weighted by Gasteiger charge is -2.25. The highest BCUT2D eigenvalue weighted by Crippen LogP contribution is 2.35. The van der Waals surface area contributed by atoms with Gasteiger partial charge in [-0.15, -0.1) is 0 Å². The van der Waals surface area contributed by atoms with E-state index in [0.29, 0.717) is 29.7 Å². The third kappa shape index (κ3) is 5.49. The molecular weight excluding hydrogens is 482 g/mol. The SMILES string of the molecule is COc1cc(OC)cc(N(Cc2nccc(OC(C)C)n2)c2ccc3ncc(-c4cnn(C)c4)nc3c2)c1. The molecule has 10 heteroatoms. The summed E-state index contributed by atoms with van der Waals surface area (Å²) in [6, 6.07) is 13.4. The number of aromatic nitrogens is 6. The van der Waals surface area contributed by atoms with Gasteiger partial charge in [0.1, 0.15) is 11.5 Å². The number of hydrogen-bond acceptors (Lipinski definition) is 9. The molecule has 0 saturated carbocycles. The molecule has 0 atom stereocenters. The number of benzene rings is 2. The first-order valence-electron chi connectivity index (χ1n) is 12.2. The standard InChI is InChI=1S/C28H29N7O3/c1-18(2)38-28-8-9-29-27(33-28)17-35(21-10-22(36-4)13-23(11-21)37-5)20-6-7-24-25(12-20)32-26(15-30-24)19-14-31-34(3)16-19/h6-16,18H,17H2,1-5H3. The highest BCUT2D eigenvalue weighted by molar-refractivity contribution is 5.82. The van der Waals surface area contributed by atoms with Crippen molar-refractivity contribution in [3.8, 4) is 28.6 Å². The second-order valence-electron chi connectivity index (χ2n) is 8.97. The highest BCUT2D eigenvalue weighted by atomic mass is 16.5. The van der Waals surface area contributed by atoms with Gasteiger partial charge < -0.3 is 19.1 Å². The molecule has 0 N–H and O–H groups in total. The van der Waals surface area contributed by atoms with Gasteiger partial charge in [-0.1, -0.05) is 0 Å². The van der Waals surface area contributed by atoms with E-state index in [1.807, 2.05) is 63.5 Å². The van der Waals surface area contributed by atoms with Crippen LogP contribution in [0.3, 0.4) is 0 Å². The molecule has 2 aromatic carbocycles. The molecule has 0 radical (unpaired) electrons. The van der Waals surface area contributed by atoms with Gasteiger partial charge in [0.25, 0.3) is 0 Å². The van der Waals surface area contributed by atoms with E-state index in [9.17, 15) is 0 Å². The Kier molecular flexibility index (Phi) is 7.03. The van der Waals surface area contributed by atoms with Crippen molar-refractivity contribution in [3.63, 3.8) is 0 Å². The van der Waals surface area contributed by atoms with Crippen LogP contribution in [0.15, 0.2) is 67.3 Å². The number of methoxy groups -OCH3 is 2. The summed E-state index contributed by atoms with van der Waals surface area (Å²) < 4.78 is 18.6. The molecule has 38 heavy (non-hydrogen) atoms. The zero-order valence-corrected chi connectivity index (χ0v) is 22.0. The minimum absolute atomic E-state index is 0.00423. The van der Waals surface area contributed by atoms with Crippen molar-refractivity contribution < 1.29 is 14.2 Å². The number of anilines is 2. The van der Waals surface area contributed by atoms with Crippen LogP contribution in [0.1, 0.15) is 19.7 Å². The van der Waals surface area contributed by atoms with Gasteiger partial charge in [-0.3, -0.25) is 9.67 Å². The second-order valence-corrected chi connectivity index (χ2v) is 8.97. The zero-order chi connectivity index (χ0) is 26.6. The summed E-state index contributed by atoms with van der Waals surface area (Å²) in [4.78, 5) is 20.7. The Balaban J connectivity index is 1.60. The Bertz CT molecular complexity index is 1550. The van der Waals surface area contributed by atoms with E-state index in [1.54, 1.807) is 43.6 Å². The van der Waals surface area contributed by atoms with E-state index in [4.69, 9.17) is 19.2 Å². The smallest absolute Gasteiger partial charge is 0.216 e. The van der Waals surface area contributed by atoms with Crippen LogP contribution >= 0.6 is 0 Å². The van der Waals surface area contributed by atoms with Crippen LogP contribution in [0.25, 0.3) is 22.3 Å². The van der Waals surface area contributed by atoms with Crippen molar-refractivity contribution in [2.45, 2.75) is 26.5 Å². The van der Waals surface area contributed by atoms with Gasteiger partial charge in [0.2, 0.25) is 5.88 Å². The summed E-state index contributed by atoms with van der Waals surface area (Å²) in [5.74, 6) is 2.46. The number of nitrogens with zero attached hydrogens (tertiary/aromatic N) is 7. The maximum Gasteiger partial charge on any atom is 0.216 e. The average molecular weight is 512 g/mol. The molecule has 0 aliphatic carbocycles. The Morgan fingerprint density at radius 3 is 2.34 bits per heavy atom. The molecule has 10 nitrogen and oxygen atoms in total. The fourth-order valence-electron chi connectivity index (χ4n) is 4.05. The second kappa shape index (κ2) is 10.7. The first kappa shape index (κ1) is 24.9. The Labute approximate surface area is 220 Å². The van der Waals surface area contributed by atoms with E-state index in [2.05, 4.69) is 25.0 Å². The predicted octanol–water partition coefficient (Wildman–Crippen LogP) is 4.96. The van der Waals surface area contributed by atoms with E-state index < -0.39 is 0 Å². The van der Waals surface area contributed by atoms with Crippen molar-refractivity contribution in [1.82, 2.24) is 29.7 Å². The molecular formula is C28H29N7O3. The summed E-state index contributed by atoms with van der Waals surface area (Å²) in [6.07, 6.45) is 7.16. The van der Waals surface area contributed by atoms with Crippen LogP contribution in [0.5, 0.6) is 17.4 Å². The molecule has 0 bridgehead atoms. The van der Waals surface area contributed by atoms with Crippen LogP contribution in [-0.2, 0) is 13.6 Å². The number of rotatable bonds is 9. The summed E-state index contributed by atoms with van der Waals surface area (Å²) in [6.45, 7) is 4.30. The third-order valence-corrected chi connectivity index (χ3v) is 5.82. The van der Waals surface area contributed by atoms with Crippen molar-refractivity contribution in [1.29, 1.82) is 0 Å². The highest BCUT2D eigenvalue weighted by Gasteiger charge is 2.17. The lowest BCUT2D eigenvalue weighted by Crippen LogP contribution is -2.19. The lowest BCUT2D eigenvalue weighted by atomic mass is 10.2. The Morgan fingerprint density at radius 1 is 0.868 bits per heavy atom. The van der Waals surface area contributed by atoms with E-state index in [1.165, 1.54) is 0 Å². The molecule has 0 fully saturated rings. The Morgan fingerprint density at radius 2 is 1.66 bits per heavy atom. The maximum atomic E-state index is 5.80. The average Bonchev–Trinajstić information content (AvgIpc) is 3.36. The minimum atomic E-state index is 0.00423. The fraction of sp³-hybridized carbons (Fsp3) is 0.250. The molecule has 194 valence electrons. The number of ether oxygens (including phenoxy) is 3. The molecule has 5 aromatic rings.